The topological polar surface area (TPSA) is 71.1 Å². The molecule has 1 aromatic carbocycles. The van der Waals surface area contributed by atoms with Crippen LogP contribution in [-0.4, -0.2) is 68.1 Å². The van der Waals surface area contributed by atoms with Gasteiger partial charge in [0.2, 0.25) is 12.3 Å². The number of carbonyl (C=O) groups is 2. The largest absolute Gasteiger partial charge is 0.486 e. The normalized spacial score (nSPS) is 17.1. The van der Waals surface area contributed by atoms with Crippen LogP contribution in [0.25, 0.3) is 0 Å². The van der Waals surface area contributed by atoms with Gasteiger partial charge >= 0.3 is 0 Å². The minimum absolute atomic E-state index is 0.0282. The molecule has 118 valence electrons. The molecular weight excluding hydrogens is 286 g/mol. The molecular formula is C15H19N3O4. The van der Waals surface area contributed by atoms with Crippen molar-refractivity contribution in [2.45, 2.75) is 0 Å². The molecule has 22 heavy (non-hydrogen) atoms. The lowest BCUT2D eigenvalue weighted by Crippen LogP contribution is -2.49. The molecule has 0 radical (unpaired) electrons. The van der Waals surface area contributed by atoms with Crippen LogP contribution >= 0.6 is 0 Å². The van der Waals surface area contributed by atoms with E-state index in [1.165, 1.54) is 0 Å². The maximum atomic E-state index is 12.2. The summed E-state index contributed by atoms with van der Waals surface area (Å²) in [5.74, 6) is 1.46. The summed E-state index contributed by atoms with van der Waals surface area (Å²) in [6.45, 7) is 3.68. The summed E-state index contributed by atoms with van der Waals surface area (Å²) in [5.41, 5.74) is 0.823. The number of anilines is 1. The molecule has 2 aliphatic heterocycles. The van der Waals surface area contributed by atoms with Crippen LogP contribution in [0.2, 0.25) is 0 Å². The Morgan fingerprint density at radius 2 is 1.86 bits per heavy atom. The van der Waals surface area contributed by atoms with Gasteiger partial charge in [-0.25, -0.2) is 0 Å². The van der Waals surface area contributed by atoms with Gasteiger partial charge in [-0.05, 0) is 12.1 Å². The molecule has 1 aromatic rings. The average molecular weight is 305 g/mol. The Balaban J connectivity index is 1.52. The Morgan fingerprint density at radius 3 is 2.59 bits per heavy atom. The molecule has 0 bridgehead atoms. The zero-order valence-corrected chi connectivity index (χ0v) is 12.3. The maximum absolute atomic E-state index is 12.2. The monoisotopic (exact) mass is 305 g/mol. The van der Waals surface area contributed by atoms with Crippen molar-refractivity contribution in [3.63, 3.8) is 0 Å². The molecule has 0 spiro atoms. The fraction of sp³-hybridized carbons (Fsp3) is 0.467. The zero-order valence-electron chi connectivity index (χ0n) is 12.3. The van der Waals surface area contributed by atoms with Gasteiger partial charge in [0.15, 0.2) is 11.5 Å². The number of ether oxygens (including phenoxy) is 2. The molecule has 2 heterocycles. The lowest BCUT2D eigenvalue weighted by molar-refractivity contribution is -0.133. The van der Waals surface area contributed by atoms with E-state index in [-0.39, 0.29) is 12.5 Å². The van der Waals surface area contributed by atoms with Crippen LogP contribution in [0.15, 0.2) is 18.2 Å². The van der Waals surface area contributed by atoms with E-state index in [4.69, 9.17) is 9.47 Å². The van der Waals surface area contributed by atoms with Crippen LogP contribution in [0.1, 0.15) is 0 Å². The Hall–Kier alpha value is -2.44. The molecule has 1 saturated heterocycles. The van der Waals surface area contributed by atoms with E-state index in [9.17, 15) is 9.59 Å². The molecule has 0 unspecified atom stereocenters. The van der Waals surface area contributed by atoms with E-state index in [0.29, 0.717) is 45.1 Å². The van der Waals surface area contributed by atoms with Gasteiger partial charge in [-0.1, -0.05) is 0 Å². The van der Waals surface area contributed by atoms with E-state index in [1.807, 2.05) is 18.2 Å². The molecule has 0 saturated carbocycles. The van der Waals surface area contributed by atoms with Crippen LogP contribution in [0.4, 0.5) is 5.69 Å². The van der Waals surface area contributed by atoms with Gasteiger partial charge < -0.3 is 24.6 Å². The highest BCUT2D eigenvalue weighted by Crippen LogP contribution is 2.32. The van der Waals surface area contributed by atoms with Crippen LogP contribution in [0, 0.1) is 0 Å². The number of benzene rings is 1. The second kappa shape index (κ2) is 6.55. The Morgan fingerprint density at radius 1 is 1.14 bits per heavy atom. The third-order valence-corrected chi connectivity index (χ3v) is 3.80. The molecule has 7 heteroatoms. The predicted molar refractivity (Wildman–Crippen MR) is 80.1 cm³/mol. The van der Waals surface area contributed by atoms with Gasteiger partial charge in [-0.2, -0.15) is 0 Å². The van der Waals surface area contributed by atoms with Crippen molar-refractivity contribution >= 4 is 18.0 Å². The molecule has 1 fully saturated rings. The SMILES string of the molecule is O=CN1CCN(C(=O)CNc2ccc3c(c2)OCCO3)CC1. The smallest absolute Gasteiger partial charge is 0.241 e. The highest BCUT2D eigenvalue weighted by Gasteiger charge is 2.20. The Kier molecular flexibility index (Phi) is 4.32. The predicted octanol–water partition coefficient (Wildman–Crippen LogP) is 0.170. The number of amides is 2. The molecule has 2 aliphatic rings. The first-order chi connectivity index (χ1) is 10.8. The molecule has 0 aromatic heterocycles. The number of nitrogens with zero attached hydrogens (tertiary/aromatic N) is 2. The van der Waals surface area contributed by atoms with E-state index >= 15 is 0 Å². The first kappa shape index (κ1) is 14.5. The van der Waals surface area contributed by atoms with Crippen LogP contribution < -0.4 is 14.8 Å². The van der Waals surface area contributed by atoms with Crippen molar-refractivity contribution in [1.82, 2.24) is 9.80 Å². The minimum atomic E-state index is 0.0282. The molecule has 1 N–H and O–H groups in total. The summed E-state index contributed by atoms with van der Waals surface area (Å²) in [4.78, 5) is 26.3. The number of hydrogen-bond donors (Lipinski definition) is 1. The number of nitrogens with one attached hydrogen (secondary N) is 1. The molecule has 7 nitrogen and oxygen atoms in total. The first-order valence-electron chi connectivity index (χ1n) is 7.37. The number of fused-ring (bicyclic) bond motifs is 1. The van der Waals surface area contributed by atoms with Crippen molar-refractivity contribution in [3.05, 3.63) is 18.2 Å². The van der Waals surface area contributed by atoms with Crippen LogP contribution in [0.3, 0.4) is 0 Å². The lowest BCUT2D eigenvalue weighted by Gasteiger charge is -2.32. The average Bonchev–Trinajstić information content (AvgIpc) is 2.59. The van der Waals surface area contributed by atoms with E-state index in [2.05, 4.69) is 5.32 Å². The third kappa shape index (κ3) is 3.24. The van der Waals surface area contributed by atoms with E-state index in [0.717, 1.165) is 17.8 Å². The number of hydrogen-bond acceptors (Lipinski definition) is 5. The Bertz CT molecular complexity index is 556. The van der Waals surface area contributed by atoms with Gasteiger partial charge in [0.1, 0.15) is 13.2 Å². The number of carbonyl (C=O) groups excluding carboxylic acids is 2. The molecule has 0 aliphatic carbocycles. The zero-order chi connectivity index (χ0) is 15.4. The minimum Gasteiger partial charge on any atom is -0.486 e. The summed E-state index contributed by atoms with van der Waals surface area (Å²) in [5, 5.41) is 3.11. The first-order valence-corrected chi connectivity index (χ1v) is 7.37. The second-order valence-corrected chi connectivity index (χ2v) is 5.23. The van der Waals surface area contributed by atoms with Crippen molar-refractivity contribution in [1.29, 1.82) is 0 Å². The molecule has 2 amide bonds. The van der Waals surface area contributed by atoms with Gasteiger partial charge in [-0.3, -0.25) is 9.59 Å². The van der Waals surface area contributed by atoms with Crippen molar-refractivity contribution < 1.29 is 19.1 Å². The maximum Gasteiger partial charge on any atom is 0.241 e. The fourth-order valence-electron chi connectivity index (χ4n) is 2.52. The standard InChI is InChI=1S/C15H19N3O4/c19-11-17-3-5-18(6-4-17)15(20)10-16-12-1-2-13-14(9-12)22-8-7-21-13/h1-2,9,11,16H,3-8,10H2. The summed E-state index contributed by atoms with van der Waals surface area (Å²) in [6.07, 6.45) is 0.829. The number of rotatable bonds is 4. The van der Waals surface area contributed by atoms with E-state index < -0.39 is 0 Å². The van der Waals surface area contributed by atoms with Crippen molar-refractivity contribution in [2.75, 3.05) is 51.3 Å². The summed E-state index contributed by atoms with van der Waals surface area (Å²) < 4.78 is 11.0. The summed E-state index contributed by atoms with van der Waals surface area (Å²) in [7, 11) is 0. The quantitative estimate of drug-likeness (QED) is 0.803. The van der Waals surface area contributed by atoms with Gasteiger partial charge in [0.25, 0.3) is 0 Å². The van der Waals surface area contributed by atoms with Gasteiger partial charge in [-0.15, -0.1) is 0 Å². The van der Waals surface area contributed by atoms with Crippen molar-refractivity contribution in [2.24, 2.45) is 0 Å². The number of piperazine rings is 1. The van der Waals surface area contributed by atoms with E-state index in [1.54, 1.807) is 9.80 Å². The van der Waals surface area contributed by atoms with Crippen molar-refractivity contribution in [3.8, 4) is 11.5 Å². The second-order valence-electron chi connectivity index (χ2n) is 5.23. The fourth-order valence-corrected chi connectivity index (χ4v) is 2.52. The summed E-state index contributed by atoms with van der Waals surface area (Å²) >= 11 is 0. The molecule has 3 rings (SSSR count). The highest BCUT2D eigenvalue weighted by molar-refractivity contribution is 5.81. The summed E-state index contributed by atoms with van der Waals surface area (Å²) in [6, 6.07) is 5.54. The third-order valence-electron chi connectivity index (χ3n) is 3.80. The molecule has 0 atom stereocenters. The van der Waals surface area contributed by atoms with Gasteiger partial charge in [0, 0.05) is 37.9 Å². The van der Waals surface area contributed by atoms with Crippen LogP contribution in [0.5, 0.6) is 11.5 Å². The lowest BCUT2D eigenvalue weighted by atomic mass is 10.2. The Labute approximate surface area is 128 Å². The van der Waals surface area contributed by atoms with Gasteiger partial charge in [0.05, 0.1) is 6.54 Å². The van der Waals surface area contributed by atoms with Crippen LogP contribution in [-0.2, 0) is 9.59 Å². The highest BCUT2D eigenvalue weighted by atomic mass is 16.6.